The molecule has 6 rings (SSSR count). The van der Waals surface area contributed by atoms with E-state index in [1.54, 1.807) is 23.9 Å². The molecule has 2 aromatic carbocycles. The van der Waals surface area contributed by atoms with Gasteiger partial charge in [-0.1, -0.05) is 35.5 Å². The maximum Gasteiger partial charge on any atom is 0.224 e. The first-order valence-electron chi connectivity index (χ1n) is 11.5. The van der Waals surface area contributed by atoms with Crippen LogP contribution in [0.3, 0.4) is 0 Å². The lowest BCUT2D eigenvalue weighted by Gasteiger charge is -2.49. The van der Waals surface area contributed by atoms with Gasteiger partial charge in [0.1, 0.15) is 5.82 Å². The van der Waals surface area contributed by atoms with Crippen LogP contribution < -0.4 is 5.32 Å². The second-order valence-electron chi connectivity index (χ2n) is 8.92. The molecule has 1 N–H and O–H groups in total. The molecule has 1 amide bonds. The Kier molecular flexibility index (Phi) is 6.73. The van der Waals surface area contributed by atoms with Crippen molar-refractivity contribution in [2.75, 3.05) is 13.1 Å². The molecule has 4 atom stereocenters. The molecule has 2 bridgehead atoms. The van der Waals surface area contributed by atoms with Crippen LogP contribution in [0.25, 0.3) is 0 Å². The van der Waals surface area contributed by atoms with Gasteiger partial charge in [-0.05, 0) is 55.1 Å². The van der Waals surface area contributed by atoms with Crippen LogP contribution in [0.1, 0.15) is 24.1 Å². The molecule has 6 nitrogen and oxygen atoms in total. The van der Waals surface area contributed by atoms with Gasteiger partial charge in [-0.15, -0.1) is 16.9 Å². The largest absolute Gasteiger partial charge is 0.352 e. The van der Waals surface area contributed by atoms with Crippen LogP contribution in [0, 0.1) is 17.7 Å². The summed E-state index contributed by atoms with van der Waals surface area (Å²) in [5.41, 5.74) is 1.90. The van der Waals surface area contributed by atoms with Gasteiger partial charge in [0, 0.05) is 36.0 Å². The number of halogens is 1. The molecule has 1 unspecified atom stereocenters. The molecule has 3 aliphatic heterocycles. The lowest BCUT2D eigenvalue weighted by Crippen LogP contribution is -2.58. The highest BCUT2D eigenvalue weighted by atomic mass is 32.2. The summed E-state index contributed by atoms with van der Waals surface area (Å²) >= 11 is 1.76. The predicted octanol–water partition coefficient (Wildman–Crippen LogP) is 3.74. The molecule has 3 saturated heterocycles. The minimum Gasteiger partial charge on any atom is -0.352 e. The monoisotopic (exact) mass is 465 g/mol. The molecular weight excluding hydrogens is 437 g/mol. The Morgan fingerprint density at radius 2 is 1.97 bits per heavy atom. The number of thioether (sulfide) groups is 1. The normalized spacial score (nSPS) is 24.0. The highest BCUT2D eigenvalue weighted by Gasteiger charge is 2.43. The fourth-order valence-electron chi connectivity index (χ4n) is 4.93. The Balaban J connectivity index is 1.12. The van der Waals surface area contributed by atoms with E-state index in [2.05, 4.69) is 32.7 Å². The molecule has 4 heterocycles. The number of rotatable bonds is 8. The number of fused-ring (bicyclic) bond motifs is 3. The van der Waals surface area contributed by atoms with E-state index < -0.39 is 0 Å². The van der Waals surface area contributed by atoms with Crippen molar-refractivity contribution in [3.63, 3.8) is 0 Å². The molecule has 3 aliphatic rings. The maximum absolute atomic E-state index is 13.1. The van der Waals surface area contributed by atoms with E-state index in [1.165, 1.54) is 17.0 Å². The van der Waals surface area contributed by atoms with E-state index in [1.807, 2.05) is 29.1 Å². The van der Waals surface area contributed by atoms with Crippen molar-refractivity contribution in [1.82, 2.24) is 25.2 Å². The molecule has 0 saturated carbocycles. The lowest BCUT2D eigenvalue weighted by molar-refractivity contribution is -0.133. The standard InChI is InChI=1S/C25H28FN5OS/c26-20-8-6-18(7-9-20)13-27-25(32)24-16-30-11-10-19(24)12-22(30)15-31-14-21(28-29-31)17-33-23-4-2-1-3-5-23/h1-9,14,19,22,24H,10-13,15-17H2,(H,27,32)/t19-,22-,24+/m1/s1. The Morgan fingerprint density at radius 3 is 2.73 bits per heavy atom. The third-order valence-electron chi connectivity index (χ3n) is 6.71. The maximum atomic E-state index is 13.1. The van der Waals surface area contributed by atoms with Crippen LogP contribution >= 0.6 is 11.8 Å². The van der Waals surface area contributed by atoms with Crippen molar-refractivity contribution >= 4 is 17.7 Å². The van der Waals surface area contributed by atoms with Crippen LogP contribution in [0.2, 0.25) is 0 Å². The van der Waals surface area contributed by atoms with E-state index in [4.69, 9.17) is 0 Å². The fourth-order valence-corrected chi connectivity index (χ4v) is 5.73. The summed E-state index contributed by atoms with van der Waals surface area (Å²) in [6.45, 7) is 3.07. The summed E-state index contributed by atoms with van der Waals surface area (Å²) in [7, 11) is 0. The summed E-state index contributed by atoms with van der Waals surface area (Å²) in [5, 5.41) is 11.7. The van der Waals surface area contributed by atoms with Gasteiger partial charge in [0.25, 0.3) is 0 Å². The molecule has 3 aromatic rings. The van der Waals surface area contributed by atoms with Gasteiger partial charge >= 0.3 is 0 Å². The highest BCUT2D eigenvalue weighted by Crippen LogP contribution is 2.37. The van der Waals surface area contributed by atoms with Crippen LogP contribution in [0.15, 0.2) is 65.7 Å². The first-order chi connectivity index (χ1) is 16.1. The summed E-state index contributed by atoms with van der Waals surface area (Å²) < 4.78 is 15.0. The minimum atomic E-state index is -0.261. The van der Waals surface area contributed by atoms with Crippen molar-refractivity contribution in [2.24, 2.45) is 11.8 Å². The van der Waals surface area contributed by atoms with Crippen molar-refractivity contribution in [1.29, 1.82) is 0 Å². The first kappa shape index (κ1) is 22.1. The topological polar surface area (TPSA) is 63.1 Å². The van der Waals surface area contributed by atoms with E-state index in [0.29, 0.717) is 18.5 Å². The van der Waals surface area contributed by atoms with Crippen LogP contribution in [0.5, 0.6) is 0 Å². The highest BCUT2D eigenvalue weighted by molar-refractivity contribution is 7.98. The van der Waals surface area contributed by atoms with Crippen molar-refractivity contribution < 1.29 is 9.18 Å². The van der Waals surface area contributed by atoms with Gasteiger partial charge in [-0.2, -0.15) is 0 Å². The number of nitrogens with one attached hydrogen (secondary N) is 1. The minimum absolute atomic E-state index is 0.0176. The zero-order valence-electron chi connectivity index (χ0n) is 18.4. The summed E-state index contributed by atoms with van der Waals surface area (Å²) in [5.74, 6) is 1.06. The van der Waals surface area contributed by atoms with Gasteiger partial charge < -0.3 is 5.32 Å². The number of piperidine rings is 3. The summed E-state index contributed by atoms with van der Waals surface area (Å²) in [6, 6.07) is 17.0. The molecule has 8 heteroatoms. The Labute approximate surface area is 197 Å². The third kappa shape index (κ3) is 5.45. The van der Waals surface area contributed by atoms with E-state index in [-0.39, 0.29) is 17.6 Å². The van der Waals surface area contributed by atoms with Gasteiger partial charge in [0.05, 0.1) is 18.2 Å². The molecule has 0 aliphatic carbocycles. The zero-order valence-corrected chi connectivity index (χ0v) is 19.3. The van der Waals surface area contributed by atoms with Crippen molar-refractivity contribution in [3.8, 4) is 0 Å². The number of hydrogen-bond donors (Lipinski definition) is 1. The molecule has 33 heavy (non-hydrogen) atoms. The van der Waals surface area contributed by atoms with Gasteiger partial charge in [0.2, 0.25) is 5.91 Å². The fraction of sp³-hybridized carbons (Fsp3) is 0.400. The predicted molar refractivity (Wildman–Crippen MR) is 126 cm³/mol. The zero-order chi connectivity index (χ0) is 22.6. The molecule has 0 radical (unpaired) electrons. The van der Waals surface area contributed by atoms with Crippen molar-refractivity contribution in [3.05, 3.63) is 77.9 Å². The van der Waals surface area contributed by atoms with E-state index in [0.717, 1.165) is 49.5 Å². The number of benzene rings is 2. The average Bonchev–Trinajstić information content (AvgIpc) is 3.30. The second kappa shape index (κ2) is 10.1. The Morgan fingerprint density at radius 1 is 1.15 bits per heavy atom. The SMILES string of the molecule is O=C(NCc1ccc(F)cc1)[C@H]1CN2CC[C@@H]1C[C@@H]2Cn1cc(CSc2ccccc2)nn1. The van der Waals surface area contributed by atoms with Crippen LogP contribution in [0.4, 0.5) is 4.39 Å². The number of hydrogen-bond acceptors (Lipinski definition) is 5. The molecule has 3 fully saturated rings. The number of carbonyl (C=O) groups is 1. The van der Waals surface area contributed by atoms with Crippen molar-refractivity contribution in [2.45, 2.75) is 42.6 Å². The van der Waals surface area contributed by atoms with Crippen LogP contribution in [-0.4, -0.2) is 44.9 Å². The summed E-state index contributed by atoms with van der Waals surface area (Å²) in [6.07, 6.45) is 4.11. The quantitative estimate of drug-likeness (QED) is 0.514. The summed E-state index contributed by atoms with van der Waals surface area (Å²) in [4.78, 5) is 16.5. The first-order valence-corrected chi connectivity index (χ1v) is 12.5. The Bertz CT molecular complexity index is 1070. The number of carbonyl (C=O) groups excluding carboxylic acids is 1. The van der Waals surface area contributed by atoms with E-state index in [9.17, 15) is 9.18 Å². The van der Waals surface area contributed by atoms with Crippen LogP contribution in [-0.2, 0) is 23.6 Å². The Hall–Kier alpha value is -2.71. The molecular formula is C25H28FN5OS. The molecule has 172 valence electrons. The lowest BCUT2D eigenvalue weighted by atomic mass is 9.75. The number of nitrogens with zero attached hydrogens (tertiary/aromatic N) is 4. The second-order valence-corrected chi connectivity index (χ2v) is 9.97. The number of aromatic nitrogens is 3. The third-order valence-corrected chi connectivity index (χ3v) is 7.75. The van der Waals surface area contributed by atoms with Gasteiger partial charge in [0.15, 0.2) is 0 Å². The smallest absolute Gasteiger partial charge is 0.224 e. The number of amides is 1. The average molecular weight is 466 g/mol. The van der Waals surface area contributed by atoms with Gasteiger partial charge in [-0.3, -0.25) is 14.4 Å². The molecule has 1 aromatic heterocycles. The van der Waals surface area contributed by atoms with E-state index >= 15 is 0 Å². The molecule has 0 spiro atoms. The van der Waals surface area contributed by atoms with Gasteiger partial charge in [-0.25, -0.2) is 4.39 Å².